The lowest BCUT2D eigenvalue weighted by Gasteiger charge is -2.17. The van der Waals surface area contributed by atoms with E-state index >= 15 is 0 Å². The number of methoxy groups -OCH3 is 1. The third-order valence-corrected chi connectivity index (χ3v) is 2.49. The third-order valence-electron chi connectivity index (χ3n) is 2.49. The molecule has 0 unspecified atom stereocenters. The highest BCUT2D eigenvalue weighted by molar-refractivity contribution is 5.95. The fourth-order valence-corrected chi connectivity index (χ4v) is 1.53. The molecule has 0 spiro atoms. The molecule has 0 bridgehead atoms. The summed E-state index contributed by atoms with van der Waals surface area (Å²) >= 11 is 0. The normalized spacial score (nSPS) is 10.8. The molecule has 0 fully saturated rings. The number of likely N-dealkylation sites (N-methyl/N-ethyl adjacent to an activating group) is 1. The minimum atomic E-state index is -0.413. The molecule has 0 aromatic heterocycles. The first-order valence-electron chi connectivity index (χ1n) is 5.35. The predicted octanol–water partition coefficient (Wildman–Crippen LogP) is 1.19. The fourth-order valence-electron chi connectivity index (χ4n) is 1.53. The minimum Gasteiger partial charge on any atom is -0.384 e. The van der Waals surface area contributed by atoms with Crippen LogP contribution in [0.1, 0.15) is 11.1 Å². The van der Waals surface area contributed by atoms with Crippen LogP contribution in [0.5, 0.6) is 0 Å². The Hall–Kier alpha value is -1.46. The Morgan fingerprint density at radius 3 is 2.82 bits per heavy atom. The molecular formula is C12H18FN3O. The van der Waals surface area contributed by atoms with Gasteiger partial charge in [0, 0.05) is 25.8 Å². The lowest BCUT2D eigenvalue weighted by Crippen LogP contribution is -2.23. The van der Waals surface area contributed by atoms with E-state index in [0.29, 0.717) is 18.7 Å². The van der Waals surface area contributed by atoms with Gasteiger partial charge in [0.1, 0.15) is 11.7 Å². The zero-order chi connectivity index (χ0) is 12.8. The Morgan fingerprint density at radius 1 is 1.53 bits per heavy atom. The highest BCUT2D eigenvalue weighted by atomic mass is 19.1. The molecule has 0 saturated carbocycles. The lowest BCUT2D eigenvalue weighted by atomic mass is 10.1. The van der Waals surface area contributed by atoms with Crippen LogP contribution in [0.25, 0.3) is 0 Å². The second kappa shape index (κ2) is 6.32. The van der Waals surface area contributed by atoms with Gasteiger partial charge in [0.15, 0.2) is 0 Å². The smallest absolute Gasteiger partial charge is 0.138 e. The van der Waals surface area contributed by atoms with Gasteiger partial charge >= 0.3 is 0 Å². The topological polar surface area (TPSA) is 62.3 Å². The van der Waals surface area contributed by atoms with Crippen LogP contribution < -0.4 is 5.73 Å². The molecule has 5 heteroatoms. The van der Waals surface area contributed by atoms with E-state index in [2.05, 4.69) is 0 Å². The van der Waals surface area contributed by atoms with Crippen molar-refractivity contribution in [1.29, 1.82) is 5.41 Å². The summed E-state index contributed by atoms with van der Waals surface area (Å²) in [6.07, 6.45) is 0. The van der Waals surface area contributed by atoms with E-state index in [0.717, 1.165) is 6.54 Å². The third kappa shape index (κ3) is 3.80. The Morgan fingerprint density at radius 2 is 2.24 bits per heavy atom. The van der Waals surface area contributed by atoms with Crippen molar-refractivity contribution in [3.63, 3.8) is 0 Å². The molecule has 0 radical (unpaired) electrons. The van der Waals surface area contributed by atoms with Crippen molar-refractivity contribution < 1.29 is 9.13 Å². The molecule has 0 atom stereocenters. The summed E-state index contributed by atoms with van der Waals surface area (Å²) < 4.78 is 18.9. The van der Waals surface area contributed by atoms with Crippen molar-refractivity contribution in [2.75, 3.05) is 27.3 Å². The summed E-state index contributed by atoms with van der Waals surface area (Å²) in [5.74, 6) is -0.659. The summed E-state index contributed by atoms with van der Waals surface area (Å²) in [5, 5.41) is 7.27. The van der Waals surface area contributed by atoms with E-state index in [-0.39, 0.29) is 11.4 Å². The Balaban J connectivity index is 2.77. The number of nitrogens with one attached hydrogen (secondary N) is 1. The van der Waals surface area contributed by atoms with Crippen molar-refractivity contribution in [2.45, 2.75) is 6.54 Å². The maximum absolute atomic E-state index is 13.9. The summed E-state index contributed by atoms with van der Waals surface area (Å²) in [6, 6.07) is 4.92. The van der Waals surface area contributed by atoms with Crippen LogP contribution in [0.2, 0.25) is 0 Å². The molecule has 1 aromatic carbocycles. The Kier molecular flexibility index (Phi) is 5.06. The summed E-state index contributed by atoms with van der Waals surface area (Å²) in [7, 11) is 3.52. The molecule has 3 N–H and O–H groups in total. The molecule has 0 aliphatic heterocycles. The van der Waals surface area contributed by atoms with Crippen LogP contribution in [-0.2, 0) is 11.3 Å². The van der Waals surface area contributed by atoms with E-state index in [9.17, 15) is 4.39 Å². The first-order valence-corrected chi connectivity index (χ1v) is 5.35. The van der Waals surface area contributed by atoms with Crippen molar-refractivity contribution in [3.8, 4) is 0 Å². The van der Waals surface area contributed by atoms with Gasteiger partial charge in [-0.05, 0) is 13.1 Å². The zero-order valence-corrected chi connectivity index (χ0v) is 10.2. The standard InChI is InChI=1S/C12H18FN3O/c1-16(6-7-17-2)8-9-4-3-5-10(11(9)13)12(14)15/h3-5H,6-8H2,1-2H3,(H3,14,15). The summed E-state index contributed by atoms with van der Waals surface area (Å²) in [4.78, 5) is 1.95. The molecule has 0 aliphatic rings. The predicted molar refractivity (Wildman–Crippen MR) is 65.6 cm³/mol. The molecule has 4 nitrogen and oxygen atoms in total. The van der Waals surface area contributed by atoms with Crippen LogP contribution in [0.4, 0.5) is 4.39 Å². The van der Waals surface area contributed by atoms with E-state index in [4.69, 9.17) is 15.9 Å². The van der Waals surface area contributed by atoms with Crippen LogP contribution in [-0.4, -0.2) is 38.0 Å². The van der Waals surface area contributed by atoms with Gasteiger partial charge in [0.05, 0.1) is 12.2 Å². The van der Waals surface area contributed by atoms with Crippen molar-refractivity contribution >= 4 is 5.84 Å². The second-order valence-electron chi connectivity index (χ2n) is 3.92. The van der Waals surface area contributed by atoms with Crippen molar-refractivity contribution in [3.05, 3.63) is 35.1 Å². The number of ether oxygens (including phenoxy) is 1. The number of nitrogens with two attached hydrogens (primary N) is 1. The van der Waals surface area contributed by atoms with Gasteiger partial charge in [0.2, 0.25) is 0 Å². The highest BCUT2D eigenvalue weighted by Gasteiger charge is 2.11. The summed E-state index contributed by atoms with van der Waals surface area (Å²) in [5.41, 5.74) is 6.00. The quantitative estimate of drug-likeness (QED) is 0.579. The second-order valence-corrected chi connectivity index (χ2v) is 3.92. The molecule has 0 heterocycles. The summed E-state index contributed by atoms with van der Waals surface area (Å²) in [6.45, 7) is 1.79. The first-order chi connectivity index (χ1) is 8.06. The number of rotatable bonds is 6. The minimum absolute atomic E-state index is 0.155. The van der Waals surface area contributed by atoms with Crippen LogP contribution in [0, 0.1) is 11.2 Å². The van der Waals surface area contributed by atoms with Gasteiger partial charge in [-0.1, -0.05) is 12.1 Å². The average molecular weight is 239 g/mol. The lowest BCUT2D eigenvalue weighted by molar-refractivity contribution is 0.158. The molecule has 0 aliphatic carbocycles. The van der Waals surface area contributed by atoms with E-state index in [1.807, 2.05) is 11.9 Å². The van der Waals surface area contributed by atoms with E-state index < -0.39 is 5.82 Å². The number of nitrogen functional groups attached to an aromatic ring is 1. The van der Waals surface area contributed by atoms with Gasteiger partial charge in [-0.25, -0.2) is 4.39 Å². The highest BCUT2D eigenvalue weighted by Crippen LogP contribution is 2.14. The number of benzene rings is 1. The molecule has 17 heavy (non-hydrogen) atoms. The average Bonchev–Trinajstić information content (AvgIpc) is 2.28. The maximum atomic E-state index is 13.9. The van der Waals surface area contributed by atoms with Crippen LogP contribution in [0.3, 0.4) is 0 Å². The van der Waals surface area contributed by atoms with Gasteiger partial charge in [-0.2, -0.15) is 0 Å². The maximum Gasteiger partial charge on any atom is 0.138 e. The molecule has 1 rings (SSSR count). The number of hydrogen-bond donors (Lipinski definition) is 2. The zero-order valence-electron chi connectivity index (χ0n) is 10.2. The Bertz CT molecular complexity index is 395. The molecule has 0 saturated heterocycles. The van der Waals surface area contributed by atoms with Gasteiger partial charge < -0.3 is 10.5 Å². The van der Waals surface area contributed by atoms with Gasteiger partial charge in [-0.15, -0.1) is 0 Å². The van der Waals surface area contributed by atoms with Crippen molar-refractivity contribution in [1.82, 2.24) is 4.90 Å². The monoisotopic (exact) mass is 239 g/mol. The number of nitrogens with zero attached hydrogens (tertiary/aromatic N) is 1. The largest absolute Gasteiger partial charge is 0.384 e. The van der Waals surface area contributed by atoms with Crippen molar-refractivity contribution in [2.24, 2.45) is 5.73 Å². The van der Waals surface area contributed by atoms with E-state index in [1.54, 1.807) is 19.2 Å². The SMILES string of the molecule is COCCN(C)Cc1cccc(C(=N)N)c1F. The van der Waals surface area contributed by atoms with E-state index in [1.165, 1.54) is 6.07 Å². The molecular weight excluding hydrogens is 221 g/mol. The van der Waals surface area contributed by atoms with Gasteiger partial charge in [0.25, 0.3) is 0 Å². The Labute approximate surface area is 101 Å². The van der Waals surface area contributed by atoms with Crippen LogP contribution >= 0.6 is 0 Å². The van der Waals surface area contributed by atoms with Gasteiger partial charge in [-0.3, -0.25) is 10.3 Å². The molecule has 94 valence electrons. The fraction of sp³-hybridized carbons (Fsp3) is 0.417. The number of amidine groups is 1. The first kappa shape index (κ1) is 13.6. The number of halogens is 1. The molecule has 1 aromatic rings. The van der Waals surface area contributed by atoms with Crippen LogP contribution in [0.15, 0.2) is 18.2 Å². The molecule has 0 amide bonds. The number of hydrogen-bond acceptors (Lipinski definition) is 3.